The van der Waals surface area contributed by atoms with E-state index >= 15 is 0 Å². The zero-order valence-electron chi connectivity index (χ0n) is 12.3. The summed E-state index contributed by atoms with van der Waals surface area (Å²) < 4.78 is 5.39. The molecule has 1 aromatic heterocycles. The molecule has 0 saturated carbocycles. The van der Waals surface area contributed by atoms with Gasteiger partial charge in [0.05, 0.1) is 18.9 Å². The van der Waals surface area contributed by atoms with Gasteiger partial charge in [0.2, 0.25) is 0 Å². The molecule has 0 unspecified atom stereocenters. The minimum absolute atomic E-state index is 0.125. The summed E-state index contributed by atoms with van der Waals surface area (Å²) in [6.07, 6.45) is 1.59. The van der Waals surface area contributed by atoms with Crippen molar-refractivity contribution >= 4 is 5.69 Å². The van der Waals surface area contributed by atoms with Gasteiger partial charge in [-0.25, -0.2) is 0 Å². The summed E-state index contributed by atoms with van der Waals surface area (Å²) in [6, 6.07) is 7.59. The number of rotatable bonds is 6. The summed E-state index contributed by atoms with van der Waals surface area (Å²) in [7, 11) is 0. The minimum atomic E-state index is -0.152. The topological polar surface area (TPSA) is 74.6 Å². The number of aliphatic hydroxyl groups excluding tert-OH is 1. The highest BCUT2D eigenvalue weighted by atomic mass is 16.5. The summed E-state index contributed by atoms with van der Waals surface area (Å²) >= 11 is 0. The Bertz CT molecular complexity index is 597. The third kappa shape index (κ3) is 3.64. The Morgan fingerprint density at radius 2 is 1.95 bits per heavy atom. The van der Waals surface area contributed by atoms with Crippen molar-refractivity contribution < 1.29 is 14.9 Å². The van der Waals surface area contributed by atoms with Crippen LogP contribution in [0.4, 0.5) is 5.69 Å². The van der Waals surface area contributed by atoms with Crippen LogP contribution in [0.5, 0.6) is 11.5 Å². The molecule has 0 spiro atoms. The van der Waals surface area contributed by atoms with Crippen molar-refractivity contribution in [3.05, 3.63) is 47.3 Å². The van der Waals surface area contributed by atoms with Gasteiger partial charge in [-0.15, -0.1) is 0 Å². The molecule has 0 bridgehead atoms. The molecule has 5 heteroatoms. The number of aromatic nitrogens is 1. The van der Waals surface area contributed by atoms with Gasteiger partial charge in [-0.3, -0.25) is 4.98 Å². The Labute approximate surface area is 124 Å². The monoisotopic (exact) mass is 288 g/mol. The second kappa shape index (κ2) is 6.95. The van der Waals surface area contributed by atoms with Crippen molar-refractivity contribution in [1.82, 2.24) is 4.98 Å². The third-order valence-electron chi connectivity index (χ3n) is 3.24. The number of aryl methyl sites for hydroxylation is 1. The van der Waals surface area contributed by atoms with E-state index in [1.165, 1.54) is 0 Å². The van der Waals surface area contributed by atoms with Gasteiger partial charge in [0, 0.05) is 29.6 Å². The van der Waals surface area contributed by atoms with Crippen LogP contribution in [0.3, 0.4) is 0 Å². The summed E-state index contributed by atoms with van der Waals surface area (Å²) in [4.78, 5) is 4.04. The zero-order chi connectivity index (χ0) is 15.2. The van der Waals surface area contributed by atoms with E-state index in [1.54, 1.807) is 13.1 Å². The van der Waals surface area contributed by atoms with E-state index < -0.39 is 0 Å². The molecule has 1 heterocycles. The van der Waals surface area contributed by atoms with Crippen molar-refractivity contribution in [3.8, 4) is 11.5 Å². The number of hydrogen-bond acceptors (Lipinski definition) is 5. The van der Waals surface area contributed by atoms with E-state index in [0.29, 0.717) is 30.0 Å². The van der Waals surface area contributed by atoms with E-state index in [0.717, 1.165) is 11.4 Å². The molecule has 1 aromatic carbocycles. The molecule has 3 N–H and O–H groups in total. The van der Waals surface area contributed by atoms with Crippen molar-refractivity contribution in [1.29, 1.82) is 0 Å². The lowest BCUT2D eigenvalue weighted by Crippen LogP contribution is -2.05. The molecule has 0 atom stereocenters. The fraction of sp³-hybridized carbons (Fsp3) is 0.312. The molecular formula is C16H20N2O3. The van der Waals surface area contributed by atoms with Crippen LogP contribution in [-0.4, -0.2) is 21.8 Å². The maximum atomic E-state index is 10.1. The first-order chi connectivity index (χ1) is 10.2. The largest absolute Gasteiger partial charge is 0.506 e. The van der Waals surface area contributed by atoms with Gasteiger partial charge in [0.25, 0.3) is 0 Å². The van der Waals surface area contributed by atoms with Crippen molar-refractivity contribution in [3.63, 3.8) is 0 Å². The molecule has 2 aromatic rings. The fourth-order valence-corrected chi connectivity index (χ4v) is 2.04. The van der Waals surface area contributed by atoms with Crippen LogP contribution in [0.2, 0.25) is 0 Å². The second-order valence-electron chi connectivity index (χ2n) is 4.67. The number of nitrogens with zero attached hydrogens (tertiary/aromatic N) is 1. The molecule has 5 nitrogen and oxygen atoms in total. The maximum Gasteiger partial charge on any atom is 0.142 e. The standard InChI is InChI=1S/C16H20N2O3/c1-3-21-14-6-4-13(5-7-14)18-9-15-12(10-19)8-17-11(2)16(15)20/h4-8,18-20H,3,9-10H2,1-2H3. The lowest BCUT2D eigenvalue weighted by atomic mass is 10.1. The minimum Gasteiger partial charge on any atom is -0.506 e. The van der Waals surface area contributed by atoms with Crippen LogP contribution in [0.25, 0.3) is 0 Å². The van der Waals surface area contributed by atoms with Crippen LogP contribution in [0, 0.1) is 6.92 Å². The molecular weight excluding hydrogens is 268 g/mol. The van der Waals surface area contributed by atoms with E-state index in [9.17, 15) is 10.2 Å². The first-order valence-corrected chi connectivity index (χ1v) is 6.89. The number of anilines is 1. The molecule has 0 fully saturated rings. The van der Waals surface area contributed by atoms with Gasteiger partial charge in [-0.2, -0.15) is 0 Å². The molecule has 0 saturated heterocycles. The molecule has 0 radical (unpaired) electrons. The fourth-order valence-electron chi connectivity index (χ4n) is 2.04. The smallest absolute Gasteiger partial charge is 0.142 e. The van der Waals surface area contributed by atoms with Gasteiger partial charge in [0.1, 0.15) is 11.5 Å². The van der Waals surface area contributed by atoms with Crippen LogP contribution in [-0.2, 0) is 13.2 Å². The third-order valence-corrected chi connectivity index (χ3v) is 3.24. The van der Waals surface area contributed by atoms with E-state index in [1.807, 2.05) is 31.2 Å². The van der Waals surface area contributed by atoms with Crippen molar-refractivity contribution in [2.45, 2.75) is 27.0 Å². The van der Waals surface area contributed by atoms with Crippen LogP contribution in [0.15, 0.2) is 30.5 Å². The number of ether oxygens (including phenoxy) is 1. The van der Waals surface area contributed by atoms with Crippen molar-refractivity contribution in [2.24, 2.45) is 0 Å². The van der Waals surface area contributed by atoms with Gasteiger partial charge in [-0.1, -0.05) is 0 Å². The average molecular weight is 288 g/mol. The first kappa shape index (κ1) is 15.1. The average Bonchev–Trinajstić information content (AvgIpc) is 2.50. The second-order valence-corrected chi connectivity index (χ2v) is 4.67. The van der Waals surface area contributed by atoms with Crippen LogP contribution in [0.1, 0.15) is 23.7 Å². The van der Waals surface area contributed by atoms with Crippen LogP contribution >= 0.6 is 0 Å². The lowest BCUT2D eigenvalue weighted by Gasteiger charge is -2.13. The van der Waals surface area contributed by atoms with E-state index in [2.05, 4.69) is 10.3 Å². The van der Waals surface area contributed by atoms with Crippen LogP contribution < -0.4 is 10.1 Å². The highest BCUT2D eigenvalue weighted by molar-refractivity contribution is 5.49. The van der Waals surface area contributed by atoms with Gasteiger partial charge in [0.15, 0.2) is 0 Å². The number of aliphatic hydroxyl groups is 1. The Morgan fingerprint density at radius 3 is 2.57 bits per heavy atom. The summed E-state index contributed by atoms with van der Waals surface area (Å²) in [6.45, 7) is 4.57. The molecule has 0 aliphatic rings. The number of pyridine rings is 1. The molecule has 0 amide bonds. The Balaban J connectivity index is 2.10. The zero-order valence-corrected chi connectivity index (χ0v) is 12.3. The number of hydrogen-bond donors (Lipinski definition) is 3. The Hall–Kier alpha value is -2.27. The molecule has 112 valence electrons. The highest BCUT2D eigenvalue weighted by Crippen LogP contribution is 2.25. The maximum absolute atomic E-state index is 10.1. The summed E-state index contributed by atoms with van der Waals surface area (Å²) in [5, 5.41) is 22.6. The lowest BCUT2D eigenvalue weighted by molar-refractivity contribution is 0.279. The number of aromatic hydroxyl groups is 1. The van der Waals surface area contributed by atoms with Crippen molar-refractivity contribution in [2.75, 3.05) is 11.9 Å². The quantitative estimate of drug-likeness (QED) is 0.762. The first-order valence-electron chi connectivity index (χ1n) is 6.89. The predicted molar refractivity (Wildman–Crippen MR) is 81.5 cm³/mol. The number of benzene rings is 1. The molecule has 2 rings (SSSR count). The molecule has 21 heavy (non-hydrogen) atoms. The Morgan fingerprint density at radius 1 is 1.24 bits per heavy atom. The van der Waals surface area contributed by atoms with Gasteiger partial charge < -0.3 is 20.3 Å². The predicted octanol–water partition coefficient (Wildman–Crippen LogP) is 2.60. The normalized spacial score (nSPS) is 10.4. The Kier molecular flexibility index (Phi) is 5.00. The SMILES string of the molecule is CCOc1ccc(NCc2c(CO)cnc(C)c2O)cc1. The number of nitrogens with one attached hydrogen (secondary N) is 1. The molecule has 0 aliphatic carbocycles. The summed E-state index contributed by atoms with van der Waals surface area (Å²) in [5.41, 5.74) is 2.75. The molecule has 0 aliphatic heterocycles. The van der Waals surface area contributed by atoms with Gasteiger partial charge in [-0.05, 0) is 38.1 Å². The van der Waals surface area contributed by atoms with Gasteiger partial charge >= 0.3 is 0 Å². The highest BCUT2D eigenvalue weighted by Gasteiger charge is 2.11. The van der Waals surface area contributed by atoms with E-state index in [-0.39, 0.29) is 12.4 Å². The van der Waals surface area contributed by atoms with E-state index in [4.69, 9.17) is 4.74 Å². The summed E-state index contributed by atoms with van der Waals surface area (Å²) in [5.74, 6) is 0.946.